The minimum Gasteiger partial charge on any atom is -0.375 e. The summed E-state index contributed by atoms with van der Waals surface area (Å²) >= 11 is 3.52. The van der Waals surface area contributed by atoms with Crippen LogP contribution in [-0.4, -0.2) is 67.7 Å². The Morgan fingerprint density at radius 2 is 1.78 bits per heavy atom. The van der Waals surface area contributed by atoms with Crippen LogP contribution in [0.25, 0.3) is 16.9 Å². The molecule has 2 aliphatic heterocycles. The van der Waals surface area contributed by atoms with Crippen LogP contribution in [0.2, 0.25) is 0 Å². The Labute approximate surface area is 298 Å². The molecule has 0 bridgehead atoms. The molecule has 7 rings (SSSR count). The standard InChI is InChI=1S/C38H38BrN7O4/c1-24-18-27(8-13-32(24)39)37(48)44-22-34-35(36(47)41-19-28-6-4-5-7-31(28)33-14-15-40-23-42-33)46(38(49)45(34)20-25(44)2)30-11-9-29(10-12-30)43-16-17-50-26(3)21-43/h4-15,18,23,25-26H,16-17,19-22H2,1-3H3,(H,41,47). The maximum atomic E-state index is 14.4. The first-order chi connectivity index (χ1) is 24.2. The molecule has 12 heteroatoms. The molecule has 256 valence electrons. The number of carbonyl (C=O) groups excluding carboxylic acids is 2. The van der Waals surface area contributed by atoms with E-state index in [-0.39, 0.29) is 49.1 Å². The number of aryl methyl sites for hydroxylation is 1. The number of hydrogen-bond acceptors (Lipinski definition) is 7. The van der Waals surface area contributed by atoms with E-state index in [0.29, 0.717) is 23.6 Å². The van der Waals surface area contributed by atoms with E-state index in [4.69, 9.17) is 4.74 Å². The van der Waals surface area contributed by atoms with E-state index in [1.807, 2.05) is 80.6 Å². The molecule has 2 aliphatic rings. The van der Waals surface area contributed by atoms with Crippen LogP contribution in [0.3, 0.4) is 0 Å². The second kappa shape index (κ2) is 14.0. The monoisotopic (exact) mass is 735 g/mol. The van der Waals surface area contributed by atoms with Gasteiger partial charge in [0.25, 0.3) is 11.8 Å². The zero-order chi connectivity index (χ0) is 34.9. The highest BCUT2D eigenvalue weighted by molar-refractivity contribution is 9.10. The maximum absolute atomic E-state index is 14.4. The van der Waals surface area contributed by atoms with Crippen LogP contribution in [0.4, 0.5) is 5.69 Å². The third-order valence-electron chi connectivity index (χ3n) is 9.45. The molecule has 0 spiro atoms. The first-order valence-corrected chi connectivity index (χ1v) is 17.5. The molecule has 50 heavy (non-hydrogen) atoms. The molecule has 5 aromatic rings. The number of hydrogen-bond donors (Lipinski definition) is 1. The van der Waals surface area contributed by atoms with Crippen LogP contribution in [0.5, 0.6) is 0 Å². The fraction of sp³-hybridized carbons (Fsp3) is 0.289. The van der Waals surface area contributed by atoms with Gasteiger partial charge in [-0.1, -0.05) is 40.2 Å². The molecule has 1 saturated heterocycles. The Hall–Kier alpha value is -5.07. The van der Waals surface area contributed by atoms with Gasteiger partial charge in [0.2, 0.25) is 0 Å². The Bertz CT molecular complexity index is 2110. The first kappa shape index (κ1) is 33.4. The summed E-state index contributed by atoms with van der Waals surface area (Å²) in [6.07, 6.45) is 3.29. The number of aromatic nitrogens is 4. The van der Waals surface area contributed by atoms with E-state index in [9.17, 15) is 14.4 Å². The van der Waals surface area contributed by atoms with Crippen LogP contribution in [0, 0.1) is 6.92 Å². The van der Waals surface area contributed by atoms with Crippen molar-refractivity contribution >= 4 is 33.4 Å². The normalized spacial score (nSPS) is 17.4. The first-order valence-electron chi connectivity index (χ1n) is 16.7. The van der Waals surface area contributed by atoms with E-state index < -0.39 is 5.91 Å². The smallest absolute Gasteiger partial charge is 0.333 e. The summed E-state index contributed by atoms with van der Waals surface area (Å²) in [5.41, 5.74) is 5.93. The molecule has 0 aliphatic carbocycles. The van der Waals surface area contributed by atoms with Gasteiger partial charge in [0.05, 0.1) is 36.3 Å². The molecule has 2 amide bonds. The lowest BCUT2D eigenvalue weighted by Gasteiger charge is -2.34. The number of benzene rings is 3. The summed E-state index contributed by atoms with van der Waals surface area (Å²) in [5.74, 6) is -0.574. The van der Waals surface area contributed by atoms with Crippen LogP contribution in [0.1, 0.15) is 51.5 Å². The lowest BCUT2D eigenvalue weighted by atomic mass is 10.0. The predicted octanol–water partition coefficient (Wildman–Crippen LogP) is 5.37. The van der Waals surface area contributed by atoms with Gasteiger partial charge in [-0.05, 0) is 80.4 Å². The molecule has 2 atom stereocenters. The average molecular weight is 737 g/mol. The minimum atomic E-state index is -0.416. The van der Waals surface area contributed by atoms with Crippen LogP contribution in [-0.2, 0) is 24.4 Å². The highest BCUT2D eigenvalue weighted by Crippen LogP contribution is 2.28. The summed E-state index contributed by atoms with van der Waals surface area (Å²) < 4.78 is 9.76. The molecule has 0 radical (unpaired) electrons. The second-order valence-electron chi connectivity index (χ2n) is 12.8. The van der Waals surface area contributed by atoms with Crippen molar-refractivity contribution in [2.24, 2.45) is 0 Å². The number of anilines is 1. The zero-order valence-electron chi connectivity index (χ0n) is 28.2. The predicted molar refractivity (Wildman–Crippen MR) is 195 cm³/mol. The Balaban J connectivity index is 1.26. The second-order valence-corrected chi connectivity index (χ2v) is 13.7. The molecular weight excluding hydrogens is 698 g/mol. The largest absolute Gasteiger partial charge is 0.375 e. The number of rotatable bonds is 7. The number of imidazole rings is 1. The Morgan fingerprint density at radius 1 is 1.00 bits per heavy atom. The van der Waals surface area contributed by atoms with Crippen molar-refractivity contribution < 1.29 is 14.3 Å². The quantitative estimate of drug-likeness (QED) is 0.239. The highest BCUT2D eigenvalue weighted by Gasteiger charge is 2.35. The SMILES string of the molecule is Cc1cc(C(=O)N2Cc3c(C(=O)NCc4ccccc4-c4ccncn4)n(-c4ccc(N5CCOC(C)C5)cc4)c(=O)n3CC2C)ccc1Br. The molecule has 2 unspecified atom stereocenters. The van der Waals surface area contributed by atoms with E-state index in [1.54, 1.807) is 21.7 Å². The number of halogens is 1. The lowest BCUT2D eigenvalue weighted by molar-refractivity contribution is 0.0532. The fourth-order valence-corrected chi connectivity index (χ4v) is 7.05. The van der Waals surface area contributed by atoms with Gasteiger partial charge in [-0.25, -0.2) is 14.8 Å². The van der Waals surface area contributed by atoms with Crippen LogP contribution >= 0.6 is 15.9 Å². The van der Waals surface area contributed by atoms with Gasteiger partial charge in [-0.2, -0.15) is 0 Å². The van der Waals surface area contributed by atoms with Crippen LogP contribution < -0.4 is 15.9 Å². The van der Waals surface area contributed by atoms with E-state index in [0.717, 1.165) is 45.6 Å². The Morgan fingerprint density at radius 3 is 2.52 bits per heavy atom. The molecule has 2 aromatic heterocycles. The number of nitrogens with one attached hydrogen (secondary N) is 1. The van der Waals surface area contributed by atoms with Crippen molar-refractivity contribution in [2.75, 3.05) is 24.6 Å². The number of nitrogens with zero attached hydrogens (tertiary/aromatic N) is 6. The van der Waals surface area contributed by atoms with Crippen molar-refractivity contribution in [3.63, 3.8) is 0 Å². The average Bonchev–Trinajstić information content (AvgIpc) is 3.42. The number of carbonyl (C=O) groups is 2. The lowest BCUT2D eigenvalue weighted by Crippen LogP contribution is -2.47. The van der Waals surface area contributed by atoms with E-state index >= 15 is 0 Å². The van der Waals surface area contributed by atoms with Crippen molar-refractivity contribution in [2.45, 2.75) is 52.6 Å². The maximum Gasteiger partial charge on any atom is 0.333 e. The highest BCUT2D eigenvalue weighted by atomic mass is 79.9. The molecule has 0 saturated carbocycles. The van der Waals surface area contributed by atoms with Gasteiger partial charge in [0.1, 0.15) is 12.0 Å². The number of ether oxygens (including phenoxy) is 1. The van der Waals surface area contributed by atoms with Crippen molar-refractivity contribution in [3.05, 3.63) is 128 Å². The van der Waals surface area contributed by atoms with E-state index in [1.165, 1.54) is 10.9 Å². The number of fused-ring (bicyclic) bond motifs is 1. The third-order valence-corrected chi connectivity index (χ3v) is 10.3. The topological polar surface area (TPSA) is 115 Å². The molecule has 1 fully saturated rings. The van der Waals surface area contributed by atoms with Gasteiger partial charge in [-0.3, -0.25) is 18.7 Å². The number of amides is 2. The zero-order valence-corrected chi connectivity index (χ0v) is 29.8. The van der Waals surface area contributed by atoms with Crippen molar-refractivity contribution in [1.82, 2.24) is 29.3 Å². The molecule has 11 nitrogen and oxygen atoms in total. The summed E-state index contributed by atoms with van der Waals surface area (Å²) in [4.78, 5) is 55.0. The van der Waals surface area contributed by atoms with Gasteiger partial charge in [0, 0.05) is 59.7 Å². The minimum absolute atomic E-state index is 0.0986. The molecule has 1 N–H and O–H groups in total. The van der Waals surface area contributed by atoms with Crippen LogP contribution in [0.15, 0.2) is 94.6 Å². The summed E-state index contributed by atoms with van der Waals surface area (Å²) in [5, 5.41) is 3.08. The molecule has 4 heterocycles. The van der Waals surface area contributed by atoms with Gasteiger partial charge in [-0.15, -0.1) is 0 Å². The van der Waals surface area contributed by atoms with Crippen molar-refractivity contribution in [3.8, 4) is 16.9 Å². The summed E-state index contributed by atoms with van der Waals surface area (Å²) in [7, 11) is 0. The summed E-state index contributed by atoms with van der Waals surface area (Å²) in [6, 6.07) is 22.5. The van der Waals surface area contributed by atoms with Gasteiger partial charge in [0.15, 0.2) is 0 Å². The van der Waals surface area contributed by atoms with Crippen molar-refractivity contribution in [1.29, 1.82) is 0 Å². The summed E-state index contributed by atoms with van der Waals surface area (Å²) in [6.45, 7) is 8.65. The van der Waals surface area contributed by atoms with Gasteiger partial charge < -0.3 is 19.9 Å². The van der Waals surface area contributed by atoms with E-state index in [2.05, 4.69) is 43.0 Å². The van der Waals surface area contributed by atoms with Gasteiger partial charge >= 0.3 is 5.69 Å². The fourth-order valence-electron chi connectivity index (χ4n) is 6.80. The Kier molecular flexibility index (Phi) is 9.39. The molecular formula is C38H38BrN7O4. The number of morpholine rings is 1. The molecule has 3 aromatic carbocycles. The third kappa shape index (κ3) is 6.48.